The molecule has 1 rings (SSSR count). The quantitative estimate of drug-likeness (QED) is 0.626. The molecular formula is C7H12O3. The second kappa shape index (κ2) is 3.01. The second-order valence-corrected chi connectivity index (χ2v) is 2.72. The summed E-state index contributed by atoms with van der Waals surface area (Å²) in [4.78, 5) is 10.2. The molecule has 1 fully saturated rings. The van der Waals surface area contributed by atoms with Crippen molar-refractivity contribution in [2.45, 2.75) is 25.9 Å². The highest BCUT2D eigenvalue weighted by Crippen LogP contribution is 2.23. The zero-order valence-electron chi connectivity index (χ0n) is 6.04. The lowest BCUT2D eigenvalue weighted by Crippen LogP contribution is -2.15. The van der Waals surface area contributed by atoms with Gasteiger partial charge in [-0.1, -0.05) is 0 Å². The zero-order valence-corrected chi connectivity index (χ0v) is 6.04. The molecule has 3 nitrogen and oxygen atoms in total. The van der Waals surface area contributed by atoms with Gasteiger partial charge in [-0.15, -0.1) is 0 Å². The van der Waals surface area contributed by atoms with Gasteiger partial charge in [-0.05, 0) is 19.3 Å². The maximum absolute atomic E-state index is 10.2. The van der Waals surface area contributed by atoms with Gasteiger partial charge in [-0.25, -0.2) is 0 Å². The molecule has 10 heavy (non-hydrogen) atoms. The summed E-state index contributed by atoms with van der Waals surface area (Å²) >= 11 is 0. The fourth-order valence-electron chi connectivity index (χ4n) is 1.27. The number of aliphatic carboxylic acids is 1. The molecule has 1 N–H and O–H groups in total. The molecule has 1 heterocycles. The van der Waals surface area contributed by atoms with Gasteiger partial charge in [0.25, 0.3) is 0 Å². The van der Waals surface area contributed by atoms with Crippen LogP contribution in [0.1, 0.15) is 19.8 Å². The van der Waals surface area contributed by atoms with E-state index in [1.54, 1.807) is 0 Å². The van der Waals surface area contributed by atoms with Crippen molar-refractivity contribution in [3.05, 3.63) is 0 Å². The summed E-state index contributed by atoms with van der Waals surface area (Å²) in [7, 11) is 0. The molecule has 1 saturated heterocycles. The highest BCUT2D eigenvalue weighted by atomic mass is 16.5. The van der Waals surface area contributed by atoms with Gasteiger partial charge < -0.3 is 9.84 Å². The Bertz CT molecular complexity index is 133. The van der Waals surface area contributed by atoms with E-state index < -0.39 is 5.97 Å². The van der Waals surface area contributed by atoms with E-state index in [9.17, 15) is 4.79 Å². The number of carbonyl (C=O) groups is 1. The van der Waals surface area contributed by atoms with Crippen LogP contribution in [0.2, 0.25) is 0 Å². The molecule has 0 bridgehead atoms. The first kappa shape index (κ1) is 7.54. The predicted octanol–water partition coefficient (Wildman–Crippen LogP) is 0.886. The van der Waals surface area contributed by atoms with E-state index in [2.05, 4.69) is 0 Å². The minimum absolute atomic E-state index is 0.135. The fourth-order valence-corrected chi connectivity index (χ4v) is 1.27. The molecule has 0 amide bonds. The van der Waals surface area contributed by atoms with Gasteiger partial charge in [0, 0.05) is 6.61 Å². The van der Waals surface area contributed by atoms with Crippen molar-refractivity contribution >= 4 is 5.97 Å². The van der Waals surface area contributed by atoms with Crippen LogP contribution in [0.15, 0.2) is 0 Å². The highest BCUT2D eigenvalue weighted by Gasteiger charge is 2.25. The smallest absolute Gasteiger partial charge is 0.303 e. The summed E-state index contributed by atoms with van der Waals surface area (Å²) in [5.41, 5.74) is 0. The topological polar surface area (TPSA) is 46.5 Å². The van der Waals surface area contributed by atoms with Gasteiger partial charge in [-0.2, -0.15) is 0 Å². The van der Waals surface area contributed by atoms with E-state index >= 15 is 0 Å². The third kappa shape index (κ3) is 1.70. The average Bonchev–Trinajstić information content (AvgIpc) is 2.15. The van der Waals surface area contributed by atoms with E-state index in [0.717, 1.165) is 13.0 Å². The van der Waals surface area contributed by atoms with Crippen LogP contribution in [0.4, 0.5) is 0 Å². The summed E-state index contributed by atoms with van der Waals surface area (Å²) in [6.45, 7) is 2.65. The standard InChI is InChI=1S/C7H12O3/c1-5-6(2-3-10-5)4-7(8)9/h5-6H,2-4H2,1H3,(H,8,9)/t5-,6+/m1/s1. The molecule has 0 aliphatic carbocycles. The molecule has 58 valence electrons. The number of carboxylic acid groups (broad SMARTS) is 1. The SMILES string of the molecule is C[C@H]1OCC[C@H]1CC(=O)O. The molecule has 0 saturated carbocycles. The normalized spacial score (nSPS) is 32.5. The number of rotatable bonds is 2. The molecule has 3 heteroatoms. The molecule has 2 atom stereocenters. The Morgan fingerprint density at radius 3 is 2.90 bits per heavy atom. The third-order valence-electron chi connectivity index (χ3n) is 1.97. The van der Waals surface area contributed by atoms with Crippen molar-refractivity contribution in [2.75, 3.05) is 6.61 Å². The summed E-state index contributed by atoms with van der Waals surface area (Å²) < 4.78 is 5.20. The minimum Gasteiger partial charge on any atom is -0.481 e. The van der Waals surface area contributed by atoms with E-state index in [1.165, 1.54) is 0 Å². The predicted molar refractivity (Wildman–Crippen MR) is 35.8 cm³/mol. The molecule has 0 aromatic rings. The minimum atomic E-state index is -0.720. The van der Waals surface area contributed by atoms with Crippen molar-refractivity contribution in [3.8, 4) is 0 Å². The van der Waals surface area contributed by atoms with Gasteiger partial charge in [0.15, 0.2) is 0 Å². The molecule has 0 aromatic heterocycles. The summed E-state index contributed by atoms with van der Waals surface area (Å²) in [6.07, 6.45) is 1.28. The Morgan fingerprint density at radius 1 is 1.80 bits per heavy atom. The average molecular weight is 144 g/mol. The van der Waals surface area contributed by atoms with E-state index in [0.29, 0.717) is 0 Å². The van der Waals surface area contributed by atoms with E-state index in [-0.39, 0.29) is 18.4 Å². The summed E-state index contributed by atoms with van der Waals surface area (Å²) in [5, 5.41) is 8.44. The Morgan fingerprint density at radius 2 is 2.50 bits per heavy atom. The van der Waals surface area contributed by atoms with Crippen LogP contribution >= 0.6 is 0 Å². The van der Waals surface area contributed by atoms with E-state index in [4.69, 9.17) is 9.84 Å². The Hall–Kier alpha value is -0.570. The number of hydrogen-bond acceptors (Lipinski definition) is 2. The van der Waals surface area contributed by atoms with Crippen molar-refractivity contribution in [3.63, 3.8) is 0 Å². The number of ether oxygens (including phenoxy) is 1. The van der Waals surface area contributed by atoms with Crippen LogP contribution in [0.3, 0.4) is 0 Å². The summed E-state index contributed by atoms with van der Waals surface area (Å²) in [5.74, 6) is -0.486. The van der Waals surface area contributed by atoms with Crippen molar-refractivity contribution in [1.29, 1.82) is 0 Å². The molecule has 0 radical (unpaired) electrons. The van der Waals surface area contributed by atoms with Gasteiger partial charge in [0.2, 0.25) is 0 Å². The first-order chi connectivity index (χ1) is 4.70. The first-order valence-corrected chi connectivity index (χ1v) is 3.53. The van der Waals surface area contributed by atoms with Gasteiger partial charge in [0.05, 0.1) is 12.5 Å². The van der Waals surface area contributed by atoms with Crippen LogP contribution in [0, 0.1) is 5.92 Å². The van der Waals surface area contributed by atoms with Gasteiger partial charge >= 0.3 is 5.97 Å². The van der Waals surface area contributed by atoms with Crippen LogP contribution in [-0.2, 0) is 9.53 Å². The second-order valence-electron chi connectivity index (χ2n) is 2.72. The lowest BCUT2D eigenvalue weighted by Gasteiger charge is -2.09. The summed E-state index contributed by atoms with van der Waals surface area (Å²) in [6, 6.07) is 0. The number of hydrogen-bond donors (Lipinski definition) is 1. The first-order valence-electron chi connectivity index (χ1n) is 3.53. The third-order valence-corrected chi connectivity index (χ3v) is 1.97. The van der Waals surface area contributed by atoms with Crippen molar-refractivity contribution < 1.29 is 14.6 Å². The maximum atomic E-state index is 10.2. The maximum Gasteiger partial charge on any atom is 0.303 e. The Balaban J connectivity index is 2.33. The molecule has 0 spiro atoms. The zero-order chi connectivity index (χ0) is 7.56. The lowest BCUT2D eigenvalue weighted by atomic mass is 9.99. The van der Waals surface area contributed by atoms with E-state index in [1.807, 2.05) is 6.92 Å². The lowest BCUT2D eigenvalue weighted by molar-refractivity contribution is -0.138. The molecule has 1 aliphatic heterocycles. The van der Waals surface area contributed by atoms with Crippen LogP contribution < -0.4 is 0 Å². The molecular weight excluding hydrogens is 132 g/mol. The van der Waals surface area contributed by atoms with Crippen LogP contribution in [0.5, 0.6) is 0 Å². The van der Waals surface area contributed by atoms with Crippen molar-refractivity contribution in [1.82, 2.24) is 0 Å². The van der Waals surface area contributed by atoms with Crippen LogP contribution in [0.25, 0.3) is 0 Å². The molecule has 0 unspecified atom stereocenters. The van der Waals surface area contributed by atoms with Crippen molar-refractivity contribution in [2.24, 2.45) is 5.92 Å². The molecule has 0 aromatic carbocycles. The van der Waals surface area contributed by atoms with Gasteiger partial charge in [0.1, 0.15) is 0 Å². The Kier molecular flexibility index (Phi) is 2.27. The molecule has 1 aliphatic rings. The van der Waals surface area contributed by atoms with Crippen LogP contribution in [-0.4, -0.2) is 23.8 Å². The largest absolute Gasteiger partial charge is 0.481 e. The Labute approximate surface area is 60.0 Å². The van der Waals surface area contributed by atoms with Gasteiger partial charge in [-0.3, -0.25) is 4.79 Å². The fraction of sp³-hybridized carbons (Fsp3) is 0.857. The highest BCUT2D eigenvalue weighted by molar-refractivity contribution is 5.67. The number of carboxylic acids is 1. The monoisotopic (exact) mass is 144 g/mol.